The minimum absolute atomic E-state index is 0.0241. The third kappa shape index (κ3) is 6.26. The van der Waals surface area contributed by atoms with Gasteiger partial charge in [0.25, 0.3) is 5.91 Å². The van der Waals surface area contributed by atoms with Crippen LogP contribution in [0, 0.1) is 11.3 Å². The van der Waals surface area contributed by atoms with E-state index in [-0.39, 0.29) is 5.91 Å². The van der Waals surface area contributed by atoms with Crippen LogP contribution in [0.2, 0.25) is 0 Å². The second-order valence-electron chi connectivity index (χ2n) is 8.40. The molecule has 1 aromatic carbocycles. The smallest absolute Gasteiger partial charge is 0.253 e. The number of hydrogen-bond donors (Lipinski definition) is 2. The van der Waals surface area contributed by atoms with E-state index in [1.807, 2.05) is 24.3 Å². The molecular formula is C22H36N4O. The fourth-order valence-electron chi connectivity index (χ4n) is 3.79. The van der Waals surface area contributed by atoms with Crippen LogP contribution in [0.15, 0.2) is 29.3 Å². The Hall–Kier alpha value is -2.04. The number of rotatable bonds is 8. The first kappa shape index (κ1) is 21.3. The summed E-state index contributed by atoms with van der Waals surface area (Å²) in [5, 5.41) is 6.91. The van der Waals surface area contributed by atoms with E-state index in [9.17, 15) is 4.79 Å². The van der Waals surface area contributed by atoms with Crippen LogP contribution in [0.1, 0.15) is 62.4 Å². The van der Waals surface area contributed by atoms with Gasteiger partial charge in [-0.1, -0.05) is 32.4 Å². The van der Waals surface area contributed by atoms with Gasteiger partial charge in [0.2, 0.25) is 0 Å². The molecule has 1 aliphatic carbocycles. The molecule has 5 nitrogen and oxygen atoms in total. The third-order valence-corrected chi connectivity index (χ3v) is 5.26. The number of hydrogen-bond acceptors (Lipinski definition) is 2. The molecule has 0 heterocycles. The van der Waals surface area contributed by atoms with Crippen LogP contribution in [0.3, 0.4) is 0 Å². The molecule has 2 rings (SSSR count). The average molecular weight is 373 g/mol. The molecule has 27 heavy (non-hydrogen) atoms. The maximum Gasteiger partial charge on any atom is 0.253 e. The summed E-state index contributed by atoms with van der Waals surface area (Å²) in [6, 6.07) is 7.71. The molecule has 0 spiro atoms. The summed E-state index contributed by atoms with van der Waals surface area (Å²) in [5.41, 5.74) is 2.25. The molecule has 0 aliphatic heterocycles. The molecule has 0 saturated heterocycles. The summed E-state index contributed by atoms with van der Waals surface area (Å²) in [7, 11) is 3.53. The first-order valence-corrected chi connectivity index (χ1v) is 10.2. The van der Waals surface area contributed by atoms with Gasteiger partial charge in [-0.2, -0.15) is 0 Å². The highest BCUT2D eigenvalue weighted by Crippen LogP contribution is 2.45. The second-order valence-corrected chi connectivity index (χ2v) is 8.40. The van der Waals surface area contributed by atoms with Crippen LogP contribution in [0.4, 0.5) is 0 Å². The van der Waals surface area contributed by atoms with Crippen LogP contribution >= 0.6 is 0 Å². The lowest BCUT2D eigenvalue weighted by Crippen LogP contribution is -2.47. The number of benzene rings is 1. The van der Waals surface area contributed by atoms with Crippen LogP contribution in [0.5, 0.6) is 0 Å². The molecule has 150 valence electrons. The molecular weight excluding hydrogens is 336 g/mol. The van der Waals surface area contributed by atoms with E-state index < -0.39 is 0 Å². The monoisotopic (exact) mass is 372 g/mol. The lowest BCUT2D eigenvalue weighted by Gasteiger charge is -2.43. The Bertz CT molecular complexity index is 630. The van der Waals surface area contributed by atoms with Crippen molar-refractivity contribution in [1.29, 1.82) is 0 Å². The Morgan fingerprint density at radius 1 is 1.19 bits per heavy atom. The molecule has 0 bridgehead atoms. The molecule has 1 amide bonds. The zero-order valence-corrected chi connectivity index (χ0v) is 17.6. The van der Waals surface area contributed by atoms with E-state index in [0.717, 1.165) is 30.5 Å². The number of nitrogens with zero attached hydrogens (tertiary/aromatic N) is 2. The van der Waals surface area contributed by atoms with Crippen molar-refractivity contribution >= 4 is 11.9 Å². The predicted molar refractivity (Wildman–Crippen MR) is 113 cm³/mol. The number of guanidine groups is 1. The van der Waals surface area contributed by atoms with Crippen molar-refractivity contribution in [3.05, 3.63) is 35.4 Å². The predicted octanol–water partition coefficient (Wildman–Crippen LogP) is 3.66. The fourth-order valence-corrected chi connectivity index (χ4v) is 3.79. The second kappa shape index (κ2) is 9.77. The lowest BCUT2D eigenvalue weighted by atomic mass is 9.64. The van der Waals surface area contributed by atoms with Crippen molar-refractivity contribution in [3.63, 3.8) is 0 Å². The summed E-state index contributed by atoms with van der Waals surface area (Å²) in [4.78, 5) is 18.3. The summed E-state index contributed by atoms with van der Waals surface area (Å²) in [5.74, 6) is 1.63. The highest BCUT2D eigenvalue weighted by molar-refractivity contribution is 5.93. The van der Waals surface area contributed by atoms with Gasteiger partial charge in [-0.05, 0) is 55.2 Å². The summed E-state index contributed by atoms with van der Waals surface area (Å²) in [6.45, 7) is 9.15. The van der Waals surface area contributed by atoms with Crippen molar-refractivity contribution in [2.45, 2.75) is 53.0 Å². The fraction of sp³-hybridized carbons (Fsp3) is 0.636. The molecule has 1 aromatic rings. The van der Waals surface area contributed by atoms with Crippen LogP contribution in [-0.2, 0) is 6.54 Å². The molecule has 1 aliphatic rings. The van der Waals surface area contributed by atoms with Crippen molar-refractivity contribution in [1.82, 2.24) is 15.5 Å². The molecule has 0 aromatic heterocycles. The summed E-state index contributed by atoms with van der Waals surface area (Å²) < 4.78 is 0. The van der Waals surface area contributed by atoms with Gasteiger partial charge in [0.05, 0.1) is 6.54 Å². The number of carbonyl (C=O) groups excluding carboxylic acids is 1. The average Bonchev–Trinajstić information content (AvgIpc) is 2.60. The van der Waals surface area contributed by atoms with Gasteiger partial charge in [0, 0.05) is 32.7 Å². The zero-order valence-electron chi connectivity index (χ0n) is 17.6. The molecule has 2 N–H and O–H groups in total. The van der Waals surface area contributed by atoms with E-state index >= 15 is 0 Å². The van der Waals surface area contributed by atoms with Crippen LogP contribution in [0.25, 0.3) is 0 Å². The minimum atomic E-state index is 0.0241. The van der Waals surface area contributed by atoms with Crippen molar-refractivity contribution in [2.24, 2.45) is 16.3 Å². The van der Waals surface area contributed by atoms with E-state index in [0.29, 0.717) is 17.5 Å². The molecule has 1 saturated carbocycles. The number of nitrogens with one attached hydrogen (secondary N) is 2. The van der Waals surface area contributed by atoms with Gasteiger partial charge in [-0.3, -0.25) is 4.79 Å². The molecule has 0 radical (unpaired) electrons. The van der Waals surface area contributed by atoms with Gasteiger partial charge in [-0.25, -0.2) is 4.99 Å². The van der Waals surface area contributed by atoms with Gasteiger partial charge in [0.1, 0.15) is 0 Å². The molecule has 0 atom stereocenters. The first-order chi connectivity index (χ1) is 12.8. The van der Waals surface area contributed by atoms with Crippen LogP contribution in [-0.4, -0.2) is 44.0 Å². The normalized spacial score (nSPS) is 16.0. The quantitative estimate of drug-likeness (QED) is 0.541. The van der Waals surface area contributed by atoms with Gasteiger partial charge in [-0.15, -0.1) is 0 Å². The third-order valence-electron chi connectivity index (χ3n) is 5.26. The zero-order chi connectivity index (χ0) is 19.9. The molecule has 1 fully saturated rings. The number of amides is 1. The summed E-state index contributed by atoms with van der Waals surface area (Å²) in [6.07, 6.45) is 5.26. The standard InChI is InChI=1S/C22H36N4O/c1-6-23-21(25-16-22(12-7-13-22)14-17(2)3)24-15-18-8-10-19(11-9-18)20(27)26(4)5/h8-11,17H,6-7,12-16H2,1-5H3,(H2,23,24,25). The van der Waals surface area contributed by atoms with Gasteiger partial charge in [0.15, 0.2) is 5.96 Å². The highest BCUT2D eigenvalue weighted by atomic mass is 16.2. The summed E-state index contributed by atoms with van der Waals surface area (Å²) >= 11 is 0. The van der Waals surface area contributed by atoms with E-state index in [2.05, 4.69) is 31.4 Å². The Morgan fingerprint density at radius 2 is 1.85 bits per heavy atom. The first-order valence-electron chi connectivity index (χ1n) is 10.2. The molecule has 5 heteroatoms. The lowest BCUT2D eigenvalue weighted by molar-refractivity contribution is 0.0827. The van der Waals surface area contributed by atoms with E-state index in [4.69, 9.17) is 4.99 Å². The van der Waals surface area contributed by atoms with Crippen molar-refractivity contribution < 1.29 is 4.79 Å². The SMILES string of the molecule is CCNC(=NCc1ccc(C(=O)N(C)C)cc1)NCC1(CC(C)C)CCC1. The van der Waals surface area contributed by atoms with Gasteiger partial charge >= 0.3 is 0 Å². The maximum absolute atomic E-state index is 12.0. The Morgan fingerprint density at radius 3 is 2.33 bits per heavy atom. The Kier molecular flexibility index (Phi) is 7.69. The topological polar surface area (TPSA) is 56.7 Å². The van der Waals surface area contributed by atoms with Gasteiger partial charge < -0.3 is 15.5 Å². The Balaban J connectivity index is 1.95. The van der Waals surface area contributed by atoms with Crippen LogP contribution < -0.4 is 10.6 Å². The molecule has 0 unspecified atom stereocenters. The largest absolute Gasteiger partial charge is 0.357 e. The number of carbonyl (C=O) groups is 1. The van der Waals surface area contributed by atoms with Crippen molar-refractivity contribution in [2.75, 3.05) is 27.2 Å². The minimum Gasteiger partial charge on any atom is -0.357 e. The van der Waals surface area contributed by atoms with E-state index in [1.54, 1.807) is 19.0 Å². The number of aliphatic imine (C=N–C) groups is 1. The Labute approximate surface area is 164 Å². The maximum atomic E-state index is 12.0. The van der Waals surface area contributed by atoms with E-state index in [1.165, 1.54) is 25.7 Å². The highest BCUT2D eigenvalue weighted by Gasteiger charge is 2.37. The van der Waals surface area contributed by atoms with Crippen molar-refractivity contribution in [3.8, 4) is 0 Å².